The van der Waals surface area contributed by atoms with Crippen LogP contribution in [0.5, 0.6) is 0 Å². The van der Waals surface area contributed by atoms with Crippen molar-refractivity contribution in [3.8, 4) is 0 Å². The van der Waals surface area contributed by atoms with Crippen molar-refractivity contribution in [1.29, 1.82) is 0 Å². The highest BCUT2D eigenvalue weighted by atomic mass is 31.2. The molecule has 0 radical (unpaired) electrons. The van der Waals surface area contributed by atoms with E-state index in [0.717, 1.165) is 17.1 Å². The predicted molar refractivity (Wildman–Crippen MR) is 113 cm³/mol. The van der Waals surface area contributed by atoms with Gasteiger partial charge in [0, 0.05) is 17.7 Å². The number of nitro benzene ring substituents is 1. The van der Waals surface area contributed by atoms with Gasteiger partial charge in [-0.25, -0.2) is 22.6 Å². The fraction of sp³-hybridized carbons (Fsp3) is 0.0952. The Morgan fingerprint density at radius 3 is 2.15 bits per heavy atom. The number of halogens is 4. The van der Waals surface area contributed by atoms with Crippen LogP contribution in [0.15, 0.2) is 59.7 Å². The largest absolute Gasteiger partial charge is 0.321 e. The molecule has 0 N–H and O–H groups in total. The monoisotopic (exact) mass is 479 g/mol. The first-order valence-electron chi connectivity index (χ1n) is 9.51. The number of nitrogens with zero attached hydrogens (tertiary/aromatic N) is 3. The van der Waals surface area contributed by atoms with Gasteiger partial charge >= 0.3 is 0 Å². The van der Waals surface area contributed by atoms with E-state index in [1.807, 2.05) is 0 Å². The summed E-state index contributed by atoms with van der Waals surface area (Å²) in [5, 5.41) is 14.9. The number of nitro groups is 1. The molecule has 12 heteroatoms. The topological polar surface area (TPSA) is 85.0 Å². The average molecular weight is 479 g/mol. The number of rotatable bonds is 5. The summed E-state index contributed by atoms with van der Waals surface area (Å²) in [4.78, 5) is 10.3. The van der Waals surface area contributed by atoms with Crippen LogP contribution in [-0.4, -0.2) is 17.0 Å². The standard InChI is InChI=1S/C21H14F4N3O4P/c1-2-32-33(31)20-18(25)16(23)15(22)17(24)19(20)27(13-6-4-3-5-7-13)26-21(33)12-8-10-14(11-9-12)28(29)30/h3-11H,2H2,1H3. The maximum absolute atomic E-state index is 15.1. The van der Waals surface area contributed by atoms with E-state index >= 15 is 4.39 Å². The van der Waals surface area contributed by atoms with Crippen molar-refractivity contribution >= 4 is 35.2 Å². The smallest absolute Gasteiger partial charge is 0.286 e. The molecule has 0 amide bonds. The van der Waals surface area contributed by atoms with Crippen LogP contribution < -0.4 is 10.3 Å². The molecule has 1 aliphatic heterocycles. The van der Waals surface area contributed by atoms with E-state index in [-0.39, 0.29) is 23.5 Å². The molecule has 3 aromatic carbocycles. The SMILES string of the molecule is CCOP1(=O)C(c2ccc([N+](=O)[O-])cc2)=NN(c2ccccc2)c2c(F)c(F)c(F)c(F)c21. The lowest BCUT2D eigenvalue weighted by atomic mass is 10.2. The van der Waals surface area contributed by atoms with Gasteiger partial charge in [-0.1, -0.05) is 18.2 Å². The fourth-order valence-electron chi connectivity index (χ4n) is 3.40. The molecule has 0 bridgehead atoms. The van der Waals surface area contributed by atoms with Crippen LogP contribution in [0.4, 0.5) is 34.6 Å². The molecular formula is C21H14F4N3O4P. The van der Waals surface area contributed by atoms with Gasteiger partial charge in [-0.3, -0.25) is 14.7 Å². The number of benzene rings is 3. The van der Waals surface area contributed by atoms with Crippen LogP contribution in [0.2, 0.25) is 0 Å². The van der Waals surface area contributed by atoms with Gasteiger partial charge in [0.2, 0.25) is 0 Å². The maximum Gasteiger partial charge on any atom is 0.286 e. The van der Waals surface area contributed by atoms with Gasteiger partial charge < -0.3 is 4.52 Å². The number of hydrogen-bond acceptors (Lipinski definition) is 6. The highest BCUT2D eigenvalue weighted by molar-refractivity contribution is 7.84. The Morgan fingerprint density at radius 1 is 0.970 bits per heavy atom. The Kier molecular flexibility index (Phi) is 5.77. The fourth-order valence-corrected chi connectivity index (χ4v) is 5.75. The summed E-state index contributed by atoms with van der Waals surface area (Å²) in [5.74, 6) is -7.91. The van der Waals surface area contributed by atoms with Crippen LogP contribution in [0.3, 0.4) is 0 Å². The van der Waals surface area contributed by atoms with Crippen LogP contribution in [0.25, 0.3) is 0 Å². The first-order valence-corrected chi connectivity index (χ1v) is 11.1. The molecule has 1 aliphatic rings. The van der Waals surface area contributed by atoms with Crippen LogP contribution in [0, 0.1) is 33.4 Å². The number of para-hydroxylation sites is 1. The zero-order valence-corrected chi connectivity index (χ0v) is 17.7. The third-order valence-electron chi connectivity index (χ3n) is 4.85. The third kappa shape index (κ3) is 3.59. The highest BCUT2D eigenvalue weighted by Gasteiger charge is 2.47. The number of hydrogen-bond donors (Lipinski definition) is 0. The molecule has 0 fully saturated rings. The van der Waals surface area contributed by atoms with Crippen LogP contribution in [-0.2, 0) is 9.09 Å². The van der Waals surface area contributed by atoms with E-state index in [4.69, 9.17) is 4.52 Å². The van der Waals surface area contributed by atoms with Gasteiger partial charge in [0.05, 0.1) is 17.2 Å². The minimum absolute atomic E-state index is 0.0218. The summed E-state index contributed by atoms with van der Waals surface area (Å²) in [6, 6.07) is 12.2. The Labute approximate surface area is 184 Å². The Balaban J connectivity index is 2.08. The molecule has 4 rings (SSSR count). The molecule has 0 spiro atoms. The quantitative estimate of drug-likeness (QED) is 0.119. The molecule has 0 saturated heterocycles. The van der Waals surface area contributed by atoms with E-state index in [0.29, 0.717) is 0 Å². The van der Waals surface area contributed by atoms with Gasteiger partial charge in [-0.05, 0) is 31.2 Å². The molecule has 33 heavy (non-hydrogen) atoms. The molecule has 0 saturated carbocycles. The Morgan fingerprint density at radius 2 is 1.58 bits per heavy atom. The molecule has 1 unspecified atom stereocenters. The summed E-state index contributed by atoms with van der Waals surface area (Å²) in [6.45, 7) is 1.15. The van der Waals surface area contributed by atoms with E-state index in [2.05, 4.69) is 5.10 Å². The average Bonchev–Trinajstić information content (AvgIpc) is 2.81. The molecule has 170 valence electrons. The lowest BCUT2D eigenvalue weighted by Gasteiger charge is -2.33. The predicted octanol–water partition coefficient (Wildman–Crippen LogP) is 5.60. The van der Waals surface area contributed by atoms with Crippen LogP contribution in [0.1, 0.15) is 12.5 Å². The lowest BCUT2D eigenvalue weighted by Crippen LogP contribution is -2.34. The number of anilines is 2. The van der Waals surface area contributed by atoms with Crippen molar-refractivity contribution in [2.24, 2.45) is 5.10 Å². The normalized spacial score (nSPS) is 17.5. The second kappa shape index (κ2) is 8.42. The van der Waals surface area contributed by atoms with Crippen molar-refractivity contribution < 1.29 is 31.6 Å². The second-order valence-electron chi connectivity index (χ2n) is 6.80. The molecule has 0 aromatic heterocycles. The summed E-state index contributed by atoms with van der Waals surface area (Å²) in [7, 11) is -4.63. The van der Waals surface area contributed by atoms with Crippen molar-refractivity contribution in [3.05, 3.63) is 93.5 Å². The van der Waals surface area contributed by atoms with Crippen molar-refractivity contribution in [2.75, 3.05) is 11.6 Å². The number of fused-ring (bicyclic) bond motifs is 1. The van der Waals surface area contributed by atoms with Gasteiger partial charge in [0.15, 0.2) is 28.7 Å². The van der Waals surface area contributed by atoms with Gasteiger partial charge in [-0.2, -0.15) is 5.10 Å². The molecule has 3 aromatic rings. The minimum atomic E-state index is -4.63. The van der Waals surface area contributed by atoms with E-state index < -0.39 is 52.0 Å². The van der Waals surface area contributed by atoms with E-state index in [1.165, 1.54) is 31.2 Å². The van der Waals surface area contributed by atoms with E-state index in [1.54, 1.807) is 18.2 Å². The maximum atomic E-state index is 15.1. The zero-order valence-electron chi connectivity index (χ0n) is 16.8. The summed E-state index contributed by atoms with van der Waals surface area (Å²) < 4.78 is 77.8. The van der Waals surface area contributed by atoms with Crippen molar-refractivity contribution in [3.63, 3.8) is 0 Å². The van der Waals surface area contributed by atoms with Crippen LogP contribution >= 0.6 is 7.37 Å². The molecule has 1 heterocycles. The highest BCUT2D eigenvalue weighted by Crippen LogP contribution is 2.57. The minimum Gasteiger partial charge on any atom is -0.321 e. The van der Waals surface area contributed by atoms with Crippen molar-refractivity contribution in [1.82, 2.24) is 0 Å². The van der Waals surface area contributed by atoms with Gasteiger partial charge in [-0.15, -0.1) is 0 Å². The summed E-state index contributed by atoms with van der Waals surface area (Å²) in [6.07, 6.45) is 0. The van der Waals surface area contributed by atoms with Gasteiger partial charge in [0.1, 0.15) is 11.0 Å². The second-order valence-corrected chi connectivity index (χ2v) is 9.03. The van der Waals surface area contributed by atoms with Crippen molar-refractivity contribution in [2.45, 2.75) is 6.92 Å². The molecule has 1 atom stereocenters. The number of hydrazone groups is 1. The lowest BCUT2D eigenvalue weighted by molar-refractivity contribution is -0.384. The van der Waals surface area contributed by atoms with E-state index in [9.17, 15) is 27.9 Å². The Hall–Kier alpha value is -3.56. The molecule has 7 nitrogen and oxygen atoms in total. The summed E-state index contributed by atoms with van der Waals surface area (Å²) in [5.41, 5.74) is -1.44. The third-order valence-corrected chi connectivity index (χ3v) is 7.37. The summed E-state index contributed by atoms with van der Waals surface area (Å²) >= 11 is 0. The molecule has 0 aliphatic carbocycles. The first kappa shape index (κ1) is 22.6. The van der Waals surface area contributed by atoms with Gasteiger partial charge in [0.25, 0.3) is 13.1 Å². The zero-order chi connectivity index (χ0) is 23.9. The molecular weight excluding hydrogens is 465 g/mol. The first-order chi connectivity index (χ1) is 15.7. The Bertz CT molecular complexity index is 1330. The number of non-ortho nitro benzene ring substituents is 1.